The minimum Gasteiger partial charge on any atom is -0.376 e. The van der Waals surface area contributed by atoms with Crippen molar-refractivity contribution in [3.63, 3.8) is 0 Å². The van der Waals surface area contributed by atoms with E-state index >= 15 is 0 Å². The fraction of sp³-hybridized carbons (Fsp3) is 0.400. The number of hydrogen-bond acceptors (Lipinski definition) is 2. The van der Waals surface area contributed by atoms with Crippen LogP contribution in [0, 0.1) is 5.92 Å². The molecule has 0 radical (unpaired) electrons. The van der Waals surface area contributed by atoms with Crippen LogP contribution >= 0.6 is 0 Å². The highest BCUT2D eigenvalue weighted by Crippen LogP contribution is 2.14. The molecular formula is C15H18O2. The maximum atomic E-state index is 11.7. The summed E-state index contributed by atoms with van der Waals surface area (Å²) in [5.74, 6) is 0.271. The molecule has 0 aromatic heterocycles. The van der Waals surface area contributed by atoms with Gasteiger partial charge < -0.3 is 4.74 Å². The Hall–Kier alpha value is -1.41. The van der Waals surface area contributed by atoms with Gasteiger partial charge in [-0.1, -0.05) is 42.5 Å². The summed E-state index contributed by atoms with van der Waals surface area (Å²) in [5, 5.41) is 0. The Morgan fingerprint density at radius 3 is 2.88 bits per heavy atom. The second kappa shape index (κ2) is 6.36. The lowest BCUT2D eigenvalue weighted by molar-refractivity contribution is -0.123. The number of hydrogen-bond donors (Lipinski definition) is 0. The molecule has 17 heavy (non-hydrogen) atoms. The van der Waals surface area contributed by atoms with Crippen LogP contribution in [0.25, 0.3) is 0 Å². The first-order chi connectivity index (χ1) is 8.36. The van der Waals surface area contributed by atoms with Crippen molar-refractivity contribution in [2.45, 2.75) is 25.9 Å². The van der Waals surface area contributed by atoms with Crippen molar-refractivity contribution in [2.75, 3.05) is 6.61 Å². The Bertz CT molecular complexity index is 381. The second-order valence-corrected chi connectivity index (χ2v) is 4.39. The van der Waals surface area contributed by atoms with Crippen LogP contribution in [0.4, 0.5) is 0 Å². The van der Waals surface area contributed by atoms with Crippen LogP contribution in [0.1, 0.15) is 24.8 Å². The Labute approximate surface area is 102 Å². The first kappa shape index (κ1) is 12.1. The highest BCUT2D eigenvalue weighted by Gasteiger charge is 2.16. The first-order valence-corrected chi connectivity index (χ1v) is 6.17. The van der Waals surface area contributed by atoms with Crippen molar-refractivity contribution in [2.24, 2.45) is 5.92 Å². The van der Waals surface area contributed by atoms with Crippen molar-refractivity contribution in [3.8, 4) is 0 Å². The van der Waals surface area contributed by atoms with Gasteiger partial charge in [0.1, 0.15) is 5.78 Å². The fourth-order valence-electron chi connectivity index (χ4n) is 1.97. The third kappa shape index (κ3) is 3.82. The number of allylic oxidation sites excluding steroid dienone is 1. The topological polar surface area (TPSA) is 26.3 Å². The molecule has 0 saturated heterocycles. The van der Waals surface area contributed by atoms with Crippen LogP contribution in [0.2, 0.25) is 0 Å². The van der Waals surface area contributed by atoms with Crippen LogP contribution in [0.3, 0.4) is 0 Å². The van der Waals surface area contributed by atoms with Crippen molar-refractivity contribution >= 4 is 5.78 Å². The minimum atomic E-state index is -0.0405. The fourth-order valence-corrected chi connectivity index (χ4v) is 1.97. The highest BCUT2D eigenvalue weighted by atomic mass is 16.5. The van der Waals surface area contributed by atoms with Crippen LogP contribution in [-0.4, -0.2) is 12.4 Å². The van der Waals surface area contributed by atoms with Gasteiger partial charge in [0.25, 0.3) is 0 Å². The van der Waals surface area contributed by atoms with E-state index < -0.39 is 0 Å². The Kier molecular flexibility index (Phi) is 4.51. The van der Waals surface area contributed by atoms with Gasteiger partial charge in [-0.05, 0) is 18.4 Å². The van der Waals surface area contributed by atoms with E-state index in [4.69, 9.17) is 4.74 Å². The monoisotopic (exact) mass is 230 g/mol. The van der Waals surface area contributed by atoms with Gasteiger partial charge in [-0.15, -0.1) is 0 Å². The standard InChI is InChI=1S/C15H18O2/c16-15-10-6-2-5-9-14(15)12-17-11-13-7-3-1-4-8-13/h1,3-5,7-9,14H,2,6,10-12H2. The third-order valence-electron chi connectivity index (χ3n) is 2.98. The minimum absolute atomic E-state index is 0.0405. The summed E-state index contributed by atoms with van der Waals surface area (Å²) in [6.45, 7) is 1.09. The first-order valence-electron chi connectivity index (χ1n) is 6.17. The molecule has 2 heteroatoms. The van der Waals surface area contributed by atoms with E-state index in [-0.39, 0.29) is 5.92 Å². The lowest BCUT2D eigenvalue weighted by atomic mass is 10.0. The predicted molar refractivity (Wildman–Crippen MR) is 67.6 cm³/mol. The van der Waals surface area contributed by atoms with E-state index in [0.29, 0.717) is 25.4 Å². The molecular weight excluding hydrogens is 212 g/mol. The molecule has 0 amide bonds. The number of carbonyl (C=O) groups is 1. The number of ketones is 1. The van der Waals surface area contributed by atoms with Crippen molar-refractivity contribution in [3.05, 3.63) is 48.0 Å². The number of rotatable bonds is 4. The number of Topliss-reactive ketones (excluding diaryl/α,β-unsaturated/α-hetero) is 1. The van der Waals surface area contributed by atoms with E-state index in [1.54, 1.807) is 0 Å². The van der Waals surface area contributed by atoms with Gasteiger partial charge in [-0.3, -0.25) is 4.79 Å². The predicted octanol–water partition coefficient (Wildman–Crippen LogP) is 3.13. The summed E-state index contributed by atoms with van der Waals surface area (Å²) >= 11 is 0. The van der Waals surface area contributed by atoms with Crippen molar-refractivity contribution in [1.82, 2.24) is 0 Å². The van der Waals surface area contributed by atoms with Crippen molar-refractivity contribution in [1.29, 1.82) is 0 Å². The molecule has 0 spiro atoms. The van der Waals surface area contributed by atoms with Crippen LogP contribution in [0.5, 0.6) is 0 Å². The van der Waals surface area contributed by atoms with Crippen molar-refractivity contribution < 1.29 is 9.53 Å². The summed E-state index contributed by atoms with van der Waals surface area (Å²) in [7, 11) is 0. The molecule has 0 bridgehead atoms. The van der Waals surface area contributed by atoms with Gasteiger partial charge in [0.2, 0.25) is 0 Å². The molecule has 90 valence electrons. The van der Waals surface area contributed by atoms with Gasteiger partial charge in [0, 0.05) is 6.42 Å². The summed E-state index contributed by atoms with van der Waals surface area (Å²) < 4.78 is 5.61. The Balaban J connectivity index is 1.79. The zero-order chi connectivity index (χ0) is 11.9. The van der Waals surface area contributed by atoms with Gasteiger partial charge in [-0.25, -0.2) is 0 Å². The molecule has 1 aliphatic rings. The maximum Gasteiger partial charge on any atom is 0.142 e. The summed E-state index contributed by atoms with van der Waals surface area (Å²) in [5.41, 5.74) is 1.15. The van der Waals surface area contributed by atoms with Gasteiger partial charge >= 0.3 is 0 Å². The molecule has 2 nitrogen and oxygen atoms in total. The lowest BCUT2D eigenvalue weighted by Crippen LogP contribution is -2.17. The summed E-state index contributed by atoms with van der Waals surface area (Å²) in [6, 6.07) is 10.0. The SMILES string of the molecule is O=C1CCCC=CC1COCc1ccccc1. The number of benzene rings is 1. The largest absolute Gasteiger partial charge is 0.376 e. The highest BCUT2D eigenvalue weighted by molar-refractivity contribution is 5.83. The molecule has 1 aliphatic carbocycles. The quantitative estimate of drug-likeness (QED) is 0.743. The molecule has 0 saturated carbocycles. The summed E-state index contributed by atoms with van der Waals surface area (Å²) in [4.78, 5) is 11.7. The average Bonchev–Trinajstić information content (AvgIpc) is 2.56. The number of ether oxygens (including phenoxy) is 1. The average molecular weight is 230 g/mol. The maximum absolute atomic E-state index is 11.7. The van der Waals surface area contributed by atoms with E-state index in [1.807, 2.05) is 36.4 Å². The van der Waals surface area contributed by atoms with Crippen LogP contribution < -0.4 is 0 Å². The van der Waals surface area contributed by atoms with Gasteiger partial charge in [0.05, 0.1) is 19.1 Å². The normalized spacial score (nSPS) is 20.2. The van der Waals surface area contributed by atoms with Crippen LogP contribution in [-0.2, 0) is 16.1 Å². The number of carbonyl (C=O) groups excluding carboxylic acids is 1. The molecule has 1 unspecified atom stereocenters. The third-order valence-corrected chi connectivity index (χ3v) is 2.98. The van der Waals surface area contributed by atoms with Gasteiger partial charge in [0.15, 0.2) is 0 Å². The lowest BCUT2D eigenvalue weighted by Gasteiger charge is -2.10. The Morgan fingerprint density at radius 2 is 2.06 bits per heavy atom. The van der Waals surface area contributed by atoms with E-state index in [0.717, 1.165) is 18.4 Å². The molecule has 0 heterocycles. The molecule has 0 fully saturated rings. The molecule has 2 rings (SSSR count). The zero-order valence-corrected chi connectivity index (χ0v) is 9.97. The van der Waals surface area contributed by atoms with E-state index in [9.17, 15) is 4.79 Å². The summed E-state index contributed by atoms with van der Waals surface area (Å²) in [6.07, 6.45) is 6.78. The van der Waals surface area contributed by atoms with E-state index in [1.165, 1.54) is 0 Å². The molecule has 1 atom stereocenters. The molecule has 1 aromatic carbocycles. The second-order valence-electron chi connectivity index (χ2n) is 4.39. The Morgan fingerprint density at radius 1 is 1.24 bits per heavy atom. The molecule has 0 aliphatic heterocycles. The van der Waals surface area contributed by atoms with E-state index in [2.05, 4.69) is 6.08 Å². The molecule has 0 N–H and O–H groups in total. The molecule has 1 aromatic rings. The van der Waals surface area contributed by atoms with Gasteiger partial charge in [-0.2, -0.15) is 0 Å². The smallest absolute Gasteiger partial charge is 0.142 e. The zero-order valence-electron chi connectivity index (χ0n) is 9.97. The van der Waals surface area contributed by atoms with Crippen LogP contribution in [0.15, 0.2) is 42.5 Å².